The first kappa shape index (κ1) is 19.5. The fraction of sp³-hybridized carbons (Fsp3) is 0.261. The summed E-state index contributed by atoms with van der Waals surface area (Å²) in [7, 11) is 0. The fourth-order valence-corrected chi connectivity index (χ4v) is 4.42. The third-order valence-electron chi connectivity index (χ3n) is 5.26. The minimum atomic E-state index is -0.177. The lowest BCUT2D eigenvalue weighted by Gasteiger charge is -2.13. The lowest BCUT2D eigenvalue weighted by molar-refractivity contribution is 0.0652. The minimum Gasteiger partial charge on any atom is -0.295 e. The molecule has 5 nitrogen and oxygen atoms in total. The molecule has 4 rings (SSSR count). The minimum absolute atomic E-state index is 0.177. The third-order valence-corrected chi connectivity index (χ3v) is 6.31. The van der Waals surface area contributed by atoms with E-state index in [-0.39, 0.29) is 11.8 Å². The van der Waals surface area contributed by atoms with Crippen LogP contribution in [0.25, 0.3) is 5.69 Å². The molecular weight excluding hydrogens is 382 g/mol. The number of imide groups is 1. The van der Waals surface area contributed by atoms with Crippen molar-refractivity contribution >= 4 is 23.6 Å². The number of aromatic nitrogens is 2. The molecule has 2 aromatic carbocycles. The van der Waals surface area contributed by atoms with Gasteiger partial charge in [-0.1, -0.05) is 30.0 Å². The van der Waals surface area contributed by atoms with E-state index in [1.54, 1.807) is 36.0 Å². The highest BCUT2D eigenvalue weighted by molar-refractivity contribution is 7.99. The Morgan fingerprint density at radius 3 is 2.34 bits per heavy atom. The molecule has 0 fully saturated rings. The number of thioether (sulfide) groups is 1. The Hall–Kier alpha value is -2.86. The van der Waals surface area contributed by atoms with Gasteiger partial charge in [0, 0.05) is 30.4 Å². The van der Waals surface area contributed by atoms with Crippen LogP contribution in [0.3, 0.4) is 0 Å². The van der Waals surface area contributed by atoms with Crippen LogP contribution in [0, 0.1) is 13.8 Å². The summed E-state index contributed by atoms with van der Waals surface area (Å²) in [5.74, 6) is 0.525. The molecule has 1 aromatic heterocycles. The van der Waals surface area contributed by atoms with Crippen molar-refractivity contribution in [1.82, 2.24) is 14.5 Å². The zero-order valence-corrected chi connectivity index (χ0v) is 17.4. The summed E-state index contributed by atoms with van der Waals surface area (Å²) in [6.07, 6.45) is 5.47. The lowest BCUT2D eigenvalue weighted by atomic mass is 10.1. The Kier molecular flexibility index (Phi) is 5.53. The first-order chi connectivity index (χ1) is 14.1. The molecule has 1 aliphatic rings. The van der Waals surface area contributed by atoms with Crippen LogP contribution in [0.15, 0.2) is 60.0 Å². The summed E-state index contributed by atoms with van der Waals surface area (Å²) in [6.45, 7) is 4.68. The van der Waals surface area contributed by atoms with Crippen molar-refractivity contribution in [2.45, 2.75) is 31.8 Å². The van der Waals surface area contributed by atoms with Gasteiger partial charge in [0.15, 0.2) is 5.16 Å². The van der Waals surface area contributed by atoms with Gasteiger partial charge in [-0.15, -0.1) is 0 Å². The number of amides is 2. The van der Waals surface area contributed by atoms with Gasteiger partial charge < -0.3 is 0 Å². The van der Waals surface area contributed by atoms with Gasteiger partial charge in [-0.05, 0) is 62.1 Å². The maximum atomic E-state index is 12.4. The van der Waals surface area contributed by atoms with Crippen LogP contribution < -0.4 is 0 Å². The average molecular weight is 406 g/mol. The molecule has 1 aliphatic heterocycles. The number of benzene rings is 2. The Balaban J connectivity index is 1.30. The molecule has 0 radical (unpaired) electrons. The number of hydrogen-bond acceptors (Lipinski definition) is 4. The zero-order chi connectivity index (χ0) is 20.4. The van der Waals surface area contributed by atoms with Gasteiger partial charge in [-0.2, -0.15) is 0 Å². The van der Waals surface area contributed by atoms with E-state index in [2.05, 4.69) is 41.6 Å². The zero-order valence-electron chi connectivity index (χ0n) is 16.6. The number of rotatable bonds is 7. The number of nitrogens with zero attached hydrogens (tertiary/aromatic N) is 3. The van der Waals surface area contributed by atoms with Crippen molar-refractivity contribution in [1.29, 1.82) is 0 Å². The highest BCUT2D eigenvalue weighted by Gasteiger charge is 2.34. The third kappa shape index (κ3) is 3.85. The van der Waals surface area contributed by atoms with Crippen LogP contribution in [0.4, 0.5) is 0 Å². The van der Waals surface area contributed by atoms with E-state index in [1.807, 2.05) is 12.4 Å². The molecule has 0 atom stereocenters. The quantitative estimate of drug-likeness (QED) is 0.326. The normalized spacial score (nSPS) is 13.2. The van der Waals surface area contributed by atoms with Crippen molar-refractivity contribution in [2.24, 2.45) is 0 Å². The van der Waals surface area contributed by atoms with Crippen molar-refractivity contribution in [3.05, 3.63) is 77.1 Å². The second-order valence-corrected chi connectivity index (χ2v) is 8.27. The van der Waals surface area contributed by atoms with Crippen molar-refractivity contribution < 1.29 is 9.59 Å². The van der Waals surface area contributed by atoms with E-state index >= 15 is 0 Å². The number of fused-ring (bicyclic) bond motifs is 1. The Labute approximate surface area is 174 Å². The number of carbonyl (C=O) groups is 2. The molecule has 0 saturated carbocycles. The monoisotopic (exact) mass is 405 g/mol. The largest absolute Gasteiger partial charge is 0.295 e. The summed E-state index contributed by atoms with van der Waals surface area (Å²) in [4.78, 5) is 30.6. The number of carbonyl (C=O) groups excluding carboxylic acids is 2. The summed E-state index contributed by atoms with van der Waals surface area (Å²) in [5.41, 5.74) is 4.67. The molecular formula is C23H23N3O2S. The van der Waals surface area contributed by atoms with E-state index in [9.17, 15) is 9.59 Å². The van der Waals surface area contributed by atoms with Crippen LogP contribution in [-0.4, -0.2) is 38.6 Å². The van der Waals surface area contributed by atoms with E-state index in [0.717, 1.165) is 29.4 Å². The molecule has 0 aliphatic carbocycles. The van der Waals surface area contributed by atoms with Crippen LogP contribution in [0.1, 0.15) is 44.7 Å². The lowest BCUT2D eigenvalue weighted by Crippen LogP contribution is -2.30. The van der Waals surface area contributed by atoms with E-state index < -0.39 is 0 Å². The first-order valence-corrected chi connectivity index (χ1v) is 10.7. The molecule has 0 saturated heterocycles. The number of aryl methyl sites for hydroxylation is 2. The van der Waals surface area contributed by atoms with Crippen LogP contribution in [0.2, 0.25) is 0 Å². The van der Waals surface area contributed by atoms with Gasteiger partial charge in [0.05, 0.1) is 11.1 Å². The summed E-state index contributed by atoms with van der Waals surface area (Å²) in [5, 5.41) is 0.953. The van der Waals surface area contributed by atoms with Crippen LogP contribution >= 0.6 is 11.8 Å². The topological polar surface area (TPSA) is 55.2 Å². The van der Waals surface area contributed by atoms with Gasteiger partial charge in [0.1, 0.15) is 0 Å². The number of imidazole rings is 1. The highest BCUT2D eigenvalue weighted by Crippen LogP contribution is 2.25. The molecule has 29 heavy (non-hydrogen) atoms. The second-order valence-electron chi connectivity index (χ2n) is 7.21. The van der Waals surface area contributed by atoms with Gasteiger partial charge in [0.2, 0.25) is 0 Å². The Morgan fingerprint density at radius 2 is 1.66 bits per heavy atom. The number of hydrogen-bond donors (Lipinski definition) is 0. The SMILES string of the molecule is Cc1ccc(-n2ccnc2SCCCCN2C(=O)c3ccccc3C2=O)cc1C. The van der Waals surface area contributed by atoms with Crippen LogP contribution in [0.5, 0.6) is 0 Å². The molecule has 0 bridgehead atoms. The Bertz CT molecular complexity index is 1040. The predicted octanol–water partition coefficient (Wildman–Crippen LogP) is 4.66. The molecule has 148 valence electrons. The van der Waals surface area contributed by atoms with Gasteiger partial charge in [-0.25, -0.2) is 4.98 Å². The van der Waals surface area contributed by atoms with Gasteiger partial charge >= 0.3 is 0 Å². The van der Waals surface area contributed by atoms with E-state index in [1.165, 1.54) is 16.0 Å². The standard InChI is InChI=1S/C23H23N3O2S/c1-16-9-10-18(15-17(16)2)25-13-11-24-23(25)29-14-6-5-12-26-21(27)19-7-3-4-8-20(19)22(26)28/h3-4,7-11,13,15H,5-6,12,14H2,1-2H3. The first-order valence-electron chi connectivity index (χ1n) is 9.75. The fourth-order valence-electron chi connectivity index (χ4n) is 3.45. The van der Waals surface area contributed by atoms with E-state index in [4.69, 9.17) is 0 Å². The smallest absolute Gasteiger partial charge is 0.261 e. The molecule has 6 heteroatoms. The Morgan fingerprint density at radius 1 is 0.931 bits per heavy atom. The molecule has 0 spiro atoms. The van der Waals surface area contributed by atoms with Crippen molar-refractivity contribution in [3.63, 3.8) is 0 Å². The van der Waals surface area contributed by atoms with Crippen LogP contribution in [-0.2, 0) is 0 Å². The second kappa shape index (κ2) is 8.25. The van der Waals surface area contributed by atoms with Gasteiger partial charge in [-0.3, -0.25) is 19.1 Å². The molecule has 2 heterocycles. The van der Waals surface area contributed by atoms with Gasteiger partial charge in [0.25, 0.3) is 11.8 Å². The average Bonchev–Trinajstić information content (AvgIpc) is 3.28. The van der Waals surface area contributed by atoms with Crippen molar-refractivity contribution in [2.75, 3.05) is 12.3 Å². The summed E-state index contributed by atoms with van der Waals surface area (Å²) < 4.78 is 2.10. The van der Waals surface area contributed by atoms with Crippen molar-refractivity contribution in [3.8, 4) is 5.69 Å². The molecule has 3 aromatic rings. The maximum Gasteiger partial charge on any atom is 0.261 e. The predicted molar refractivity (Wildman–Crippen MR) is 115 cm³/mol. The summed E-state index contributed by atoms with van der Waals surface area (Å²) >= 11 is 1.69. The molecule has 0 unspecified atom stereocenters. The van der Waals surface area contributed by atoms with E-state index in [0.29, 0.717) is 17.7 Å². The summed E-state index contributed by atoms with van der Waals surface area (Å²) in [6, 6.07) is 13.4. The molecule has 2 amide bonds. The number of unbranched alkanes of at least 4 members (excludes halogenated alkanes) is 1. The molecule has 0 N–H and O–H groups in total. The highest BCUT2D eigenvalue weighted by atomic mass is 32.2. The maximum absolute atomic E-state index is 12.4.